The number of carbonyl (C=O) groups excluding carboxylic acids is 1. The number of nitrogens with one attached hydrogen (secondary N) is 1. The molecule has 2 aromatic rings. The summed E-state index contributed by atoms with van der Waals surface area (Å²) in [5, 5.41) is 7.42. The first-order valence-corrected chi connectivity index (χ1v) is 10.1. The van der Waals surface area contributed by atoms with E-state index in [0.717, 1.165) is 36.3 Å². The van der Waals surface area contributed by atoms with E-state index in [4.69, 9.17) is 0 Å². The number of imidazole rings is 1. The van der Waals surface area contributed by atoms with E-state index in [1.807, 2.05) is 24.1 Å². The second-order valence-corrected chi connectivity index (χ2v) is 8.32. The van der Waals surface area contributed by atoms with Crippen LogP contribution in [0.3, 0.4) is 0 Å². The molecule has 0 spiro atoms. The summed E-state index contributed by atoms with van der Waals surface area (Å²) in [4.78, 5) is 18.7. The summed E-state index contributed by atoms with van der Waals surface area (Å²) in [5.74, 6) is -2.24. The van der Waals surface area contributed by atoms with Gasteiger partial charge in [-0.3, -0.25) is 0 Å². The first kappa shape index (κ1) is 19.1. The van der Waals surface area contributed by atoms with E-state index in [2.05, 4.69) is 15.4 Å². The van der Waals surface area contributed by atoms with Crippen LogP contribution in [0.15, 0.2) is 18.5 Å². The Hall–Kier alpha value is -2.25. The van der Waals surface area contributed by atoms with Gasteiger partial charge in [0.25, 0.3) is 0 Å². The molecular formula is C20H27F2N5O. The Labute approximate surface area is 163 Å². The summed E-state index contributed by atoms with van der Waals surface area (Å²) in [5.41, 5.74) is 2.56. The zero-order valence-electron chi connectivity index (χ0n) is 16.2. The molecule has 1 atom stereocenters. The van der Waals surface area contributed by atoms with Crippen molar-refractivity contribution in [3.05, 3.63) is 29.7 Å². The van der Waals surface area contributed by atoms with E-state index in [-0.39, 0.29) is 30.8 Å². The molecule has 8 heteroatoms. The van der Waals surface area contributed by atoms with Crippen LogP contribution in [-0.2, 0) is 13.0 Å². The molecule has 0 unspecified atom stereocenters. The fraction of sp³-hybridized carbons (Fsp3) is 0.650. The van der Waals surface area contributed by atoms with Gasteiger partial charge < -0.3 is 10.2 Å². The minimum atomic E-state index is -2.50. The van der Waals surface area contributed by atoms with Crippen molar-refractivity contribution in [2.75, 3.05) is 6.54 Å². The SMILES string of the molecule is C[C@@H]1CCCN(Cc2cnn3cc(CC4CCC(F)(F)CC4)nc3c2)C(=O)N1. The molecule has 1 saturated carbocycles. The monoisotopic (exact) mass is 391 g/mol. The van der Waals surface area contributed by atoms with Crippen LogP contribution in [0.4, 0.5) is 13.6 Å². The smallest absolute Gasteiger partial charge is 0.317 e. The Kier molecular flexibility index (Phi) is 5.21. The van der Waals surface area contributed by atoms with Crippen LogP contribution in [-0.4, -0.2) is 44.0 Å². The van der Waals surface area contributed by atoms with Gasteiger partial charge in [0, 0.05) is 32.0 Å². The summed E-state index contributed by atoms with van der Waals surface area (Å²) in [7, 11) is 0. The molecule has 0 aromatic carbocycles. The van der Waals surface area contributed by atoms with Crippen molar-refractivity contribution < 1.29 is 13.6 Å². The molecule has 2 fully saturated rings. The van der Waals surface area contributed by atoms with Crippen molar-refractivity contribution >= 4 is 11.7 Å². The number of amides is 2. The highest BCUT2D eigenvalue weighted by Gasteiger charge is 2.35. The van der Waals surface area contributed by atoms with Gasteiger partial charge in [-0.25, -0.2) is 23.1 Å². The standard InChI is InChI=1S/C20H27F2N5O/c1-14-3-2-8-26(19(28)24-14)12-16-10-18-25-17(13-27(18)23-11-16)9-15-4-6-20(21,22)7-5-15/h10-11,13-15H,2-9,12H2,1H3,(H,24,28)/t14-/m1/s1. The zero-order chi connectivity index (χ0) is 19.7. The molecule has 28 heavy (non-hydrogen) atoms. The Morgan fingerprint density at radius 3 is 2.86 bits per heavy atom. The van der Waals surface area contributed by atoms with Crippen LogP contribution in [0.25, 0.3) is 5.65 Å². The van der Waals surface area contributed by atoms with Crippen molar-refractivity contribution in [3.63, 3.8) is 0 Å². The summed E-state index contributed by atoms with van der Waals surface area (Å²) >= 11 is 0. The van der Waals surface area contributed by atoms with Crippen LogP contribution in [0.1, 0.15) is 56.7 Å². The maximum Gasteiger partial charge on any atom is 0.317 e. The Bertz CT molecular complexity index is 842. The quantitative estimate of drug-likeness (QED) is 0.863. The average Bonchev–Trinajstić information content (AvgIpc) is 2.96. The van der Waals surface area contributed by atoms with Crippen molar-refractivity contribution in [3.8, 4) is 0 Å². The van der Waals surface area contributed by atoms with Gasteiger partial charge in [-0.15, -0.1) is 0 Å². The molecule has 1 aliphatic heterocycles. The lowest BCUT2D eigenvalue weighted by atomic mass is 9.84. The number of aromatic nitrogens is 3. The third-order valence-corrected chi connectivity index (χ3v) is 5.86. The highest BCUT2D eigenvalue weighted by molar-refractivity contribution is 5.74. The lowest BCUT2D eigenvalue weighted by molar-refractivity contribution is -0.0457. The van der Waals surface area contributed by atoms with E-state index >= 15 is 0 Å². The first-order valence-electron chi connectivity index (χ1n) is 10.1. The summed E-state index contributed by atoms with van der Waals surface area (Å²) in [6.07, 6.45) is 7.35. The van der Waals surface area contributed by atoms with Gasteiger partial charge in [0.05, 0.1) is 18.1 Å². The Morgan fingerprint density at radius 2 is 2.07 bits per heavy atom. The van der Waals surface area contributed by atoms with Crippen LogP contribution in [0, 0.1) is 5.92 Å². The van der Waals surface area contributed by atoms with Gasteiger partial charge in [0.15, 0.2) is 5.65 Å². The number of alkyl halides is 2. The van der Waals surface area contributed by atoms with Crippen LogP contribution in [0.5, 0.6) is 0 Å². The summed E-state index contributed by atoms with van der Waals surface area (Å²) in [6.45, 7) is 3.25. The minimum absolute atomic E-state index is 0.0239. The number of nitrogens with zero attached hydrogens (tertiary/aromatic N) is 4. The van der Waals surface area contributed by atoms with Gasteiger partial charge in [-0.2, -0.15) is 5.10 Å². The normalized spacial score (nSPS) is 23.6. The number of hydrogen-bond acceptors (Lipinski definition) is 3. The van der Waals surface area contributed by atoms with Crippen LogP contribution < -0.4 is 5.32 Å². The second-order valence-electron chi connectivity index (χ2n) is 8.32. The lowest BCUT2D eigenvalue weighted by Crippen LogP contribution is -2.40. The molecule has 1 N–H and O–H groups in total. The van der Waals surface area contributed by atoms with Crippen LogP contribution in [0.2, 0.25) is 0 Å². The maximum atomic E-state index is 13.3. The predicted molar refractivity (Wildman–Crippen MR) is 101 cm³/mol. The van der Waals surface area contributed by atoms with E-state index in [9.17, 15) is 13.6 Å². The molecule has 1 saturated heterocycles. The third kappa shape index (κ3) is 4.42. The highest BCUT2D eigenvalue weighted by Crippen LogP contribution is 2.37. The number of carbonyl (C=O) groups is 1. The van der Waals surface area contributed by atoms with E-state index < -0.39 is 5.92 Å². The van der Waals surface area contributed by atoms with Crippen molar-refractivity contribution in [1.29, 1.82) is 0 Å². The van der Waals surface area contributed by atoms with Gasteiger partial charge in [0.2, 0.25) is 5.92 Å². The maximum absolute atomic E-state index is 13.3. The number of rotatable bonds is 4. The average molecular weight is 391 g/mol. The van der Waals surface area contributed by atoms with Gasteiger partial charge in [0.1, 0.15) is 0 Å². The molecule has 2 amide bonds. The van der Waals surface area contributed by atoms with Gasteiger partial charge in [-0.05, 0) is 56.6 Å². The van der Waals surface area contributed by atoms with Crippen LogP contribution >= 0.6 is 0 Å². The minimum Gasteiger partial charge on any atom is -0.336 e. The molecule has 4 rings (SSSR count). The number of hydrogen-bond donors (Lipinski definition) is 1. The first-order chi connectivity index (χ1) is 13.4. The molecule has 1 aliphatic carbocycles. The molecule has 6 nitrogen and oxygen atoms in total. The predicted octanol–water partition coefficient (Wildman–Crippen LogP) is 3.79. The third-order valence-electron chi connectivity index (χ3n) is 5.86. The lowest BCUT2D eigenvalue weighted by Gasteiger charge is -2.27. The van der Waals surface area contributed by atoms with E-state index in [1.165, 1.54) is 0 Å². The van der Waals surface area contributed by atoms with Gasteiger partial charge >= 0.3 is 6.03 Å². The van der Waals surface area contributed by atoms with Crippen molar-refractivity contribution in [1.82, 2.24) is 24.8 Å². The summed E-state index contributed by atoms with van der Waals surface area (Å²) < 4.78 is 28.4. The Balaban J connectivity index is 1.42. The van der Waals surface area contributed by atoms with E-state index in [1.54, 1.807) is 10.7 Å². The highest BCUT2D eigenvalue weighted by atomic mass is 19.3. The molecule has 2 aliphatic rings. The Morgan fingerprint density at radius 1 is 1.29 bits per heavy atom. The zero-order valence-corrected chi connectivity index (χ0v) is 16.2. The number of fused-ring (bicyclic) bond motifs is 1. The number of halogens is 2. The van der Waals surface area contributed by atoms with Gasteiger partial charge in [-0.1, -0.05) is 0 Å². The molecular weight excluding hydrogens is 364 g/mol. The molecule has 3 heterocycles. The molecule has 152 valence electrons. The molecule has 0 radical (unpaired) electrons. The number of urea groups is 1. The van der Waals surface area contributed by atoms with E-state index in [0.29, 0.717) is 25.8 Å². The topological polar surface area (TPSA) is 62.5 Å². The van der Waals surface area contributed by atoms with Crippen molar-refractivity contribution in [2.45, 2.75) is 70.4 Å². The largest absolute Gasteiger partial charge is 0.336 e. The molecule has 2 aromatic heterocycles. The fourth-order valence-corrected chi connectivity index (χ4v) is 4.18. The molecule has 0 bridgehead atoms. The fourth-order valence-electron chi connectivity index (χ4n) is 4.18. The summed E-state index contributed by atoms with van der Waals surface area (Å²) in [6, 6.07) is 2.11. The van der Waals surface area contributed by atoms with Crippen molar-refractivity contribution in [2.24, 2.45) is 5.92 Å². The second kappa shape index (κ2) is 7.64.